The van der Waals surface area contributed by atoms with Crippen LogP contribution in [-0.2, 0) is 12.6 Å². The highest BCUT2D eigenvalue weighted by atomic mass is 35.5. The molecule has 0 aliphatic rings. The Labute approximate surface area is 119 Å². The van der Waals surface area contributed by atoms with Crippen LogP contribution in [0.3, 0.4) is 0 Å². The Balaban J connectivity index is 2.02. The lowest BCUT2D eigenvalue weighted by Gasteiger charge is -2.12. The number of aromatic nitrogens is 1. The van der Waals surface area contributed by atoms with E-state index in [1.54, 1.807) is 12.3 Å². The maximum absolute atomic E-state index is 12.6. The number of nitrogens with zero attached hydrogens (tertiary/aromatic N) is 1. The van der Waals surface area contributed by atoms with Crippen LogP contribution in [0.1, 0.15) is 11.3 Å². The normalized spacial score (nSPS) is 11.4. The highest BCUT2D eigenvalue weighted by molar-refractivity contribution is 6.33. The molecule has 1 heterocycles. The van der Waals surface area contributed by atoms with Crippen molar-refractivity contribution in [2.24, 2.45) is 0 Å². The first-order valence-electron chi connectivity index (χ1n) is 5.97. The van der Waals surface area contributed by atoms with Crippen molar-refractivity contribution < 1.29 is 13.2 Å². The predicted molar refractivity (Wildman–Crippen MR) is 72.9 cm³/mol. The van der Waals surface area contributed by atoms with Gasteiger partial charge in [-0.15, -0.1) is 0 Å². The summed E-state index contributed by atoms with van der Waals surface area (Å²) in [5.41, 5.74) is 0.419. The van der Waals surface area contributed by atoms with Gasteiger partial charge in [-0.1, -0.05) is 17.7 Å². The standard InChI is InChI=1S/C14H12ClF3N2/c15-12-5-4-10(14(16,17)18)9-13(12)20-8-6-11-3-1-2-7-19-11/h1-5,7,9,20H,6,8H2. The van der Waals surface area contributed by atoms with Gasteiger partial charge in [0.15, 0.2) is 0 Å². The van der Waals surface area contributed by atoms with E-state index in [0.29, 0.717) is 13.0 Å². The fourth-order valence-electron chi connectivity index (χ4n) is 1.71. The quantitative estimate of drug-likeness (QED) is 0.905. The van der Waals surface area contributed by atoms with Crippen LogP contribution in [0, 0.1) is 0 Å². The van der Waals surface area contributed by atoms with Gasteiger partial charge in [0.05, 0.1) is 16.3 Å². The summed E-state index contributed by atoms with van der Waals surface area (Å²) < 4.78 is 37.8. The molecule has 0 fully saturated rings. The van der Waals surface area contributed by atoms with Crippen molar-refractivity contribution in [1.29, 1.82) is 0 Å². The number of anilines is 1. The molecule has 0 saturated heterocycles. The summed E-state index contributed by atoms with van der Waals surface area (Å²) in [6, 6.07) is 8.75. The fourth-order valence-corrected chi connectivity index (χ4v) is 1.89. The van der Waals surface area contributed by atoms with Crippen LogP contribution in [0.25, 0.3) is 0 Å². The van der Waals surface area contributed by atoms with Gasteiger partial charge in [-0.05, 0) is 30.3 Å². The molecule has 2 aromatic rings. The molecule has 0 aliphatic carbocycles. The number of alkyl halides is 3. The van der Waals surface area contributed by atoms with Crippen LogP contribution in [0.15, 0.2) is 42.6 Å². The van der Waals surface area contributed by atoms with Crippen LogP contribution in [0.5, 0.6) is 0 Å². The van der Waals surface area contributed by atoms with E-state index in [4.69, 9.17) is 11.6 Å². The Morgan fingerprint density at radius 2 is 1.95 bits per heavy atom. The number of halogens is 4. The molecule has 2 nitrogen and oxygen atoms in total. The number of hydrogen-bond acceptors (Lipinski definition) is 2. The zero-order valence-corrected chi connectivity index (χ0v) is 11.2. The molecule has 0 unspecified atom stereocenters. The molecule has 0 aliphatic heterocycles. The van der Waals surface area contributed by atoms with Crippen molar-refractivity contribution in [1.82, 2.24) is 4.98 Å². The first kappa shape index (κ1) is 14.7. The molecule has 0 amide bonds. The zero-order chi connectivity index (χ0) is 14.6. The second kappa shape index (κ2) is 6.13. The summed E-state index contributed by atoms with van der Waals surface area (Å²) in [6.45, 7) is 0.456. The minimum absolute atomic E-state index is 0.263. The Morgan fingerprint density at radius 1 is 1.15 bits per heavy atom. The zero-order valence-electron chi connectivity index (χ0n) is 10.4. The van der Waals surface area contributed by atoms with Gasteiger partial charge in [0.2, 0.25) is 0 Å². The average Bonchev–Trinajstić information content (AvgIpc) is 2.41. The molecule has 2 rings (SSSR count). The molecule has 1 N–H and O–H groups in total. The average molecular weight is 301 g/mol. The van der Waals surface area contributed by atoms with Crippen LogP contribution >= 0.6 is 11.6 Å². The summed E-state index contributed by atoms with van der Waals surface area (Å²) in [6.07, 6.45) is -2.10. The van der Waals surface area contributed by atoms with Crippen molar-refractivity contribution in [2.75, 3.05) is 11.9 Å². The molecule has 106 valence electrons. The Morgan fingerprint density at radius 3 is 2.60 bits per heavy atom. The second-order valence-electron chi connectivity index (χ2n) is 4.19. The van der Waals surface area contributed by atoms with Crippen molar-refractivity contribution in [3.8, 4) is 0 Å². The number of rotatable bonds is 4. The Bertz CT molecular complexity index is 570. The Hall–Kier alpha value is -1.75. The van der Waals surface area contributed by atoms with Crippen molar-refractivity contribution in [3.05, 3.63) is 58.9 Å². The van der Waals surface area contributed by atoms with Crippen LogP contribution in [0.4, 0.5) is 18.9 Å². The highest BCUT2D eigenvalue weighted by Gasteiger charge is 2.30. The van der Waals surface area contributed by atoms with Gasteiger partial charge < -0.3 is 5.32 Å². The third-order valence-electron chi connectivity index (χ3n) is 2.72. The maximum Gasteiger partial charge on any atom is 0.416 e. The number of hydrogen-bond donors (Lipinski definition) is 1. The van der Waals surface area contributed by atoms with Gasteiger partial charge in [-0.3, -0.25) is 4.98 Å². The molecule has 1 aromatic carbocycles. The Kier molecular flexibility index (Phi) is 4.49. The summed E-state index contributed by atoms with van der Waals surface area (Å²) in [5.74, 6) is 0. The third kappa shape index (κ3) is 3.87. The van der Waals surface area contributed by atoms with E-state index in [2.05, 4.69) is 10.3 Å². The van der Waals surface area contributed by atoms with Gasteiger partial charge >= 0.3 is 6.18 Å². The molecule has 0 bridgehead atoms. The van der Waals surface area contributed by atoms with Crippen molar-refractivity contribution in [2.45, 2.75) is 12.6 Å². The summed E-state index contributed by atoms with van der Waals surface area (Å²) >= 11 is 5.88. The molecule has 0 spiro atoms. The monoisotopic (exact) mass is 300 g/mol. The van der Waals surface area contributed by atoms with E-state index in [1.165, 1.54) is 6.07 Å². The third-order valence-corrected chi connectivity index (χ3v) is 3.05. The minimum Gasteiger partial charge on any atom is -0.383 e. The van der Waals surface area contributed by atoms with Gasteiger partial charge in [-0.2, -0.15) is 13.2 Å². The fraction of sp³-hybridized carbons (Fsp3) is 0.214. The first-order valence-corrected chi connectivity index (χ1v) is 6.35. The second-order valence-corrected chi connectivity index (χ2v) is 4.60. The van der Waals surface area contributed by atoms with E-state index in [0.717, 1.165) is 17.8 Å². The van der Waals surface area contributed by atoms with Crippen LogP contribution < -0.4 is 5.32 Å². The number of benzene rings is 1. The smallest absolute Gasteiger partial charge is 0.383 e. The first-order chi connectivity index (χ1) is 9.47. The minimum atomic E-state index is -4.37. The molecule has 1 aromatic heterocycles. The van der Waals surface area contributed by atoms with Gasteiger partial charge in [-0.25, -0.2) is 0 Å². The van der Waals surface area contributed by atoms with E-state index in [-0.39, 0.29) is 10.7 Å². The molecule has 20 heavy (non-hydrogen) atoms. The van der Waals surface area contributed by atoms with Crippen molar-refractivity contribution in [3.63, 3.8) is 0 Å². The van der Waals surface area contributed by atoms with E-state index in [1.807, 2.05) is 12.1 Å². The van der Waals surface area contributed by atoms with E-state index >= 15 is 0 Å². The molecular weight excluding hydrogens is 289 g/mol. The van der Waals surface area contributed by atoms with Gasteiger partial charge in [0, 0.05) is 24.9 Å². The lowest BCUT2D eigenvalue weighted by Crippen LogP contribution is -2.09. The molecular formula is C14H12ClF3N2. The number of pyridine rings is 1. The lowest BCUT2D eigenvalue weighted by atomic mass is 10.2. The molecule has 0 saturated carbocycles. The van der Waals surface area contributed by atoms with Gasteiger partial charge in [0.25, 0.3) is 0 Å². The number of nitrogens with one attached hydrogen (secondary N) is 1. The van der Waals surface area contributed by atoms with Crippen molar-refractivity contribution >= 4 is 17.3 Å². The van der Waals surface area contributed by atoms with Crippen LogP contribution in [0.2, 0.25) is 5.02 Å². The predicted octanol–water partition coefficient (Wildman–Crippen LogP) is 4.41. The molecule has 0 atom stereocenters. The van der Waals surface area contributed by atoms with E-state index in [9.17, 15) is 13.2 Å². The SMILES string of the molecule is FC(F)(F)c1ccc(Cl)c(NCCc2ccccn2)c1. The summed E-state index contributed by atoms with van der Waals surface area (Å²) in [7, 11) is 0. The molecule has 6 heteroatoms. The van der Waals surface area contributed by atoms with Crippen LogP contribution in [-0.4, -0.2) is 11.5 Å². The largest absolute Gasteiger partial charge is 0.416 e. The highest BCUT2D eigenvalue weighted by Crippen LogP contribution is 2.33. The maximum atomic E-state index is 12.6. The topological polar surface area (TPSA) is 24.9 Å². The summed E-state index contributed by atoms with van der Waals surface area (Å²) in [5, 5.41) is 3.16. The summed E-state index contributed by atoms with van der Waals surface area (Å²) in [4.78, 5) is 4.14. The van der Waals surface area contributed by atoms with E-state index < -0.39 is 11.7 Å². The lowest BCUT2D eigenvalue weighted by molar-refractivity contribution is -0.137. The van der Waals surface area contributed by atoms with Gasteiger partial charge in [0.1, 0.15) is 0 Å². The molecule has 0 radical (unpaired) electrons.